The van der Waals surface area contributed by atoms with Gasteiger partial charge in [0.05, 0.1) is 0 Å². The van der Waals surface area contributed by atoms with Crippen LogP contribution in [0, 0.1) is 0 Å². The van der Waals surface area contributed by atoms with Gasteiger partial charge in [0.1, 0.15) is 0 Å². The number of rotatable bonds is 7. The van der Waals surface area contributed by atoms with Crippen molar-refractivity contribution in [1.29, 1.82) is 0 Å². The van der Waals surface area contributed by atoms with Gasteiger partial charge in [-0.2, -0.15) is 0 Å². The van der Waals surface area contributed by atoms with Gasteiger partial charge in [-0.1, -0.05) is 43.2 Å². The standard InChI is InChI=1S/C12H21NO.C3H6.C2H6/c1-11(2)6-4-5-7-12(3)8-9-13-10-14;1-3-2;1-2/h6,8,10H,4-5,7,9H2,1-3H3,(H,13,14);3H,1H2,2H3;1-2H3/b12-8+;;. The highest BCUT2D eigenvalue weighted by Gasteiger charge is 1.89. The lowest BCUT2D eigenvalue weighted by Gasteiger charge is -1.99. The minimum atomic E-state index is 0.651. The quantitative estimate of drug-likeness (QED) is 0.391. The Kier molecular flexibility index (Phi) is 26.3. The molecule has 0 fully saturated rings. The zero-order valence-corrected chi connectivity index (χ0v) is 13.8. The topological polar surface area (TPSA) is 29.1 Å². The van der Waals surface area contributed by atoms with Crippen LogP contribution in [-0.4, -0.2) is 13.0 Å². The molecule has 0 saturated carbocycles. The molecule has 0 aliphatic carbocycles. The fourth-order valence-electron chi connectivity index (χ4n) is 1.15. The third kappa shape index (κ3) is 31.5. The first-order chi connectivity index (χ1) is 9.08. The third-order valence-electron chi connectivity index (χ3n) is 1.98. The Labute approximate surface area is 120 Å². The van der Waals surface area contributed by atoms with Gasteiger partial charge in [0.2, 0.25) is 6.41 Å². The van der Waals surface area contributed by atoms with Crippen LogP contribution in [0.3, 0.4) is 0 Å². The van der Waals surface area contributed by atoms with Gasteiger partial charge in [-0.15, -0.1) is 6.58 Å². The molecule has 0 aromatic heterocycles. The van der Waals surface area contributed by atoms with E-state index in [1.807, 2.05) is 20.8 Å². The molecule has 0 spiro atoms. The van der Waals surface area contributed by atoms with Crippen LogP contribution in [0.1, 0.15) is 60.8 Å². The molecular formula is C17H33NO. The molecule has 0 rings (SSSR count). The summed E-state index contributed by atoms with van der Waals surface area (Å²) in [6.45, 7) is 16.3. The Morgan fingerprint density at radius 2 is 1.68 bits per heavy atom. The monoisotopic (exact) mass is 267 g/mol. The molecule has 0 atom stereocenters. The Hall–Kier alpha value is -1.31. The van der Waals surface area contributed by atoms with Gasteiger partial charge in [0.15, 0.2) is 0 Å². The molecule has 0 aromatic carbocycles. The van der Waals surface area contributed by atoms with Crippen molar-refractivity contribution in [3.63, 3.8) is 0 Å². The molecule has 0 unspecified atom stereocenters. The van der Waals surface area contributed by atoms with Crippen LogP contribution in [0.25, 0.3) is 0 Å². The number of hydrogen-bond donors (Lipinski definition) is 1. The highest BCUT2D eigenvalue weighted by molar-refractivity contribution is 5.46. The van der Waals surface area contributed by atoms with Gasteiger partial charge in [-0.05, 0) is 47.0 Å². The van der Waals surface area contributed by atoms with E-state index >= 15 is 0 Å². The molecular weight excluding hydrogens is 234 g/mol. The van der Waals surface area contributed by atoms with Crippen molar-refractivity contribution in [3.05, 3.63) is 36.0 Å². The van der Waals surface area contributed by atoms with Crippen molar-refractivity contribution >= 4 is 6.41 Å². The van der Waals surface area contributed by atoms with Crippen LogP contribution < -0.4 is 5.32 Å². The number of hydrogen-bond acceptors (Lipinski definition) is 1. The first-order valence-electron chi connectivity index (χ1n) is 7.11. The van der Waals surface area contributed by atoms with Gasteiger partial charge < -0.3 is 5.32 Å². The fraction of sp³-hybridized carbons (Fsp3) is 0.588. The molecule has 0 radical (unpaired) electrons. The zero-order valence-electron chi connectivity index (χ0n) is 13.8. The van der Waals surface area contributed by atoms with Gasteiger partial charge in [0.25, 0.3) is 0 Å². The Bertz CT molecular complexity index is 248. The van der Waals surface area contributed by atoms with Crippen LogP contribution in [0.4, 0.5) is 0 Å². The van der Waals surface area contributed by atoms with Crippen LogP contribution in [0.5, 0.6) is 0 Å². The molecule has 1 amide bonds. The lowest BCUT2D eigenvalue weighted by molar-refractivity contribution is -0.109. The molecule has 0 bridgehead atoms. The summed E-state index contributed by atoms with van der Waals surface area (Å²) in [6, 6.07) is 0. The molecule has 0 aromatic rings. The van der Waals surface area contributed by atoms with E-state index in [1.165, 1.54) is 17.6 Å². The van der Waals surface area contributed by atoms with Crippen molar-refractivity contribution in [2.45, 2.75) is 60.8 Å². The summed E-state index contributed by atoms with van der Waals surface area (Å²) in [4.78, 5) is 9.97. The number of carbonyl (C=O) groups is 1. The molecule has 2 heteroatoms. The number of carbonyl (C=O) groups excluding carboxylic acids is 1. The third-order valence-corrected chi connectivity index (χ3v) is 1.98. The summed E-state index contributed by atoms with van der Waals surface area (Å²) in [5, 5.41) is 2.62. The van der Waals surface area contributed by atoms with Gasteiger partial charge in [-0.3, -0.25) is 4.79 Å². The van der Waals surface area contributed by atoms with Crippen LogP contribution in [0.15, 0.2) is 36.0 Å². The van der Waals surface area contributed by atoms with Gasteiger partial charge in [-0.25, -0.2) is 0 Å². The van der Waals surface area contributed by atoms with E-state index < -0.39 is 0 Å². The van der Waals surface area contributed by atoms with E-state index in [-0.39, 0.29) is 0 Å². The molecule has 1 N–H and O–H groups in total. The van der Waals surface area contributed by atoms with E-state index in [4.69, 9.17) is 0 Å². The lowest BCUT2D eigenvalue weighted by atomic mass is 10.1. The van der Waals surface area contributed by atoms with Crippen molar-refractivity contribution in [3.8, 4) is 0 Å². The van der Waals surface area contributed by atoms with E-state index in [9.17, 15) is 4.79 Å². The first-order valence-corrected chi connectivity index (χ1v) is 7.11. The minimum absolute atomic E-state index is 0.651. The Morgan fingerprint density at radius 3 is 2.11 bits per heavy atom. The molecule has 112 valence electrons. The summed E-state index contributed by atoms with van der Waals surface area (Å²) in [7, 11) is 0. The first kappa shape index (κ1) is 22.8. The van der Waals surface area contributed by atoms with Gasteiger partial charge in [0, 0.05) is 6.54 Å². The maximum atomic E-state index is 9.97. The summed E-state index contributed by atoms with van der Waals surface area (Å²) in [5.74, 6) is 0. The molecule has 2 nitrogen and oxygen atoms in total. The highest BCUT2D eigenvalue weighted by Crippen LogP contribution is 2.07. The summed E-state index contributed by atoms with van der Waals surface area (Å²) in [6.07, 6.45) is 10.3. The molecule has 0 saturated heterocycles. The fourth-order valence-corrected chi connectivity index (χ4v) is 1.15. The largest absolute Gasteiger partial charge is 0.355 e. The SMILES string of the molecule is C=CC.CC.CC(C)=CCCC/C(C)=C/CNC=O. The van der Waals surface area contributed by atoms with Crippen LogP contribution in [-0.2, 0) is 4.79 Å². The second kappa shape index (κ2) is 21.9. The van der Waals surface area contributed by atoms with Crippen LogP contribution in [0.2, 0.25) is 0 Å². The van der Waals surface area contributed by atoms with Gasteiger partial charge >= 0.3 is 0 Å². The van der Waals surface area contributed by atoms with Crippen LogP contribution >= 0.6 is 0 Å². The second-order valence-electron chi connectivity index (χ2n) is 4.16. The maximum Gasteiger partial charge on any atom is 0.207 e. The van der Waals surface area contributed by atoms with Crippen molar-refractivity contribution in [1.82, 2.24) is 5.32 Å². The maximum absolute atomic E-state index is 9.97. The zero-order chi connectivity index (χ0) is 15.5. The number of amides is 1. The molecule has 19 heavy (non-hydrogen) atoms. The number of allylic oxidation sites excluding steroid dienone is 4. The number of nitrogens with one attached hydrogen (secondary N) is 1. The molecule has 0 aliphatic rings. The highest BCUT2D eigenvalue weighted by atomic mass is 16.1. The summed E-state index contributed by atoms with van der Waals surface area (Å²) in [5.41, 5.74) is 2.73. The molecule has 0 aliphatic heterocycles. The normalized spacial score (nSPS) is 9.05. The number of unbranched alkanes of at least 4 members (excludes halogenated alkanes) is 1. The van der Waals surface area contributed by atoms with Crippen molar-refractivity contribution < 1.29 is 4.79 Å². The van der Waals surface area contributed by atoms with E-state index in [0.29, 0.717) is 6.54 Å². The Balaban J connectivity index is -0.000000445. The van der Waals surface area contributed by atoms with Crippen molar-refractivity contribution in [2.24, 2.45) is 0 Å². The lowest BCUT2D eigenvalue weighted by Crippen LogP contribution is -2.09. The smallest absolute Gasteiger partial charge is 0.207 e. The van der Waals surface area contributed by atoms with E-state index in [0.717, 1.165) is 19.3 Å². The Morgan fingerprint density at radius 1 is 1.16 bits per heavy atom. The van der Waals surface area contributed by atoms with E-state index in [1.54, 1.807) is 6.08 Å². The van der Waals surface area contributed by atoms with Crippen molar-refractivity contribution in [2.75, 3.05) is 6.54 Å². The average molecular weight is 267 g/mol. The summed E-state index contributed by atoms with van der Waals surface area (Å²) >= 11 is 0. The second-order valence-corrected chi connectivity index (χ2v) is 4.16. The van der Waals surface area contributed by atoms with E-state index in [2.05, 4.69) is 44.8 Å². The predicted molar refractivity (Wildman–Crippen MR) is 88.3 cm³/mol. The minimum Gasteiger partial charge on any atom is -0.355 e. The summed E-state index contributed by atoms with van der Waals surface area (Å²) < 4.78 is 0. The predicted octanol–water partition coefficient (Wildman–Crippen LogP) is 5.03. The average Bonchev–Trinajstić information content (AvgIpc) is 2.38. The molecule has 0 heterocycles.